The summed E-state index contributed by atoms with van der Waals surface area (Å²) in [5.41, 5.74) is 4.37. The van der Waals surface area contributed by atoms with E-state index in [1.807, 2.05) is 45.0 Å². The van der Waals surface area contributed by atoms with Crippen molar-refractivity contribution < 1.29 is 24.2 Å². The molecule has 2 amide bonds. The lowest BCUT2D eigenvalue weighted by molar-refractivity contribution is -0.145. The van der Waals surface area contributed by atoms with Crippen LogP contribution in [0.5, 0.6) is 0 Å². The highest BCUT2D eigenvalue weighted by Gasteiger charge is 2.36. The fourth-order valence-corrected chi connectivity index (χ4v) is 4.91. The van der Waals surface area contributed by atoms with Crippen LogP contribution in [0.2, 0.25) is 0 Å². The molecule has 2 aromatic rings. The molecule has 0 aromatic heterocycles. The maximum atomic E-state index is 13.0. The molecule has 35 heavy (non-hydrogen) atoms. The Balaban J connectivity index is 1.38. The Hall–Kier alpha value is -3.35. The van der Waals surface area contributed by atoms with Gasteiger partial charge in [0.05, 0.1) is 0 Å². The summed E-state index contributed by atoms with van der Waals surface area (Å²) >= 11 is 0. The van der Waals surface area contributed by atoms with Crippen molar-refractivity contribution in [2.45, 2.75) is 52.0 Å². The molecule has 7 nitrogen and oxygen atoms in total. The first-order valence-electron chi connectivity index (χ1n) is 12.2. The number of hydrogen-bond acceptors (Lipinski definition) is 4. The van der Waals surface area contributed by atoms with Gasteiger partial charge in [-0.05, 0) is 46.4 Å². The molecule has 0 spiro atoms. The molecule has 4 rings (SSSR count). The van der Waals surface area contributed by atoms with Crippen LogP contribution in [0, 0.1) is 11.3 Å². The van der Waals surface area contributed by atoms with Gasteiger partial charge < -0.3 is 20.1 Å². The predicted octanol–water partition coefficient (Wildman–Crippen LogP) is 4.65. The summed E-state index contributed by atoms with van der Waals surface area (Å²) in [5, 5.41) is 12.2. The van der Waals surface area contributed by atoms with E-state index >= 15 is 0 Å². The topological polar surface area (TPSA) is 95.9 Å². The summed E-state index contributed by atoms with van der Waals surface area (Å²) in [7, 11) is 0. The van der Waals surface area contributed by atoms with Gasteiger partial charge in [0.1, 0.15) is 13.2 Å². The van der Waals surface area contributed by atoms with E-state index in [0.29, 0.717) is 6.54 Å². The third kappa shape index (κ3) is 6.21. The maximum Gasteiger partial charge on any atom is 0.407 e. The highest BCUT2D eigenvalue weighted by molar-refractivity contribution is 5.82. The van der Waals surface area contributed by atoms with Crippen molar-refractivity contribution in [2.75, 3.05) is 19.7 Å². The van der Waals surface area contributed by atoms with Gasteiger partial charge in [0.2, 0.25) is 5.91 Å². The number of nitrogens with zero attached hydrogens (tertiary/aromatic N) is 1. The van der Waals surface area contributed by atoms with Gasteiger partial charge in [-0.1, -0.05) is 69.3 Å². The molecule has 2 aliphatic rings. The third-order valence-electron chi connectivity index (χ3n) is 6.58. The average molecular weight is 479 g/mol. The molecular weight excluding hydrogens is 444 g/mol. The van der Waals surface area contributed by atoms with Crippen molar-refractivity contribution in [3.05, 3.63) is 59.7 Å². The summed E-state index contributed by atoms with van der Waals surface area (Å²) in [5.74, 6) is -1.14. The van der Waals surface area contributed by atoms with Gasteiger partial charge in [0.15, 0.2) is 0 Å². The van der Waals surface area contributed by atoms with E-state index in [-0.39, 0.29) is 48.8 Å². The molecule has 1 fully saturated rings. The zero-order chi connectivity index (χ0) is 25.2. The van der Waals surface area contributed by atoms with Crippen LogP contribution in [0.25, 0.3) is 11.1 Å². The van der Waals surface area contributed by atoms with E-state index in [0.717, 1.165) is 35.1 Å². The Bertz CT molecular complexity index is 1060. The van der Waals surface area contributed by atoms with Crippen LogP contribution in [-0.4, -0.2) is 53.7 Å². The van der Waals surface area contributed by atoms with Crippen molar-refractivity contribution in [2.24, 2.45) is 11.3 Å². The van der Waals surface area contributed by atoms with Crippen LogP contribution in [-0.2, 0) is 14.3 Å². The second-order valence-electron chi connectivity index (χ2n) is 10.8. The number of carboxylic acid groups (broad SMARTS) is 1. The van der Waals surface area contributed by atoms with Crippen molar-refractivity contribution in [1.82, 2.24) is 10.2 Å². The number of amides is 2. The molecule has 0 radical (unpaired) electrons. The first kappa shape index (κ1) is 24.8. The van der Waals surface area contributed by atoms with Gasteiger partial charge in [-0.2, -0.15) is 0 Å². The van der Waals surface area contributed by atoms with E-state index in [2.05, 4.69) is 29.6 Å². The number of carbonyl (C=O) groups is 3. The van der Waals surface area contributed by atoms with Crippen LogP contribution in [0.4, 0.5) is 4.79 Å². The maximum absolute atomic E-state index is 13.0. The number of nitrogens with one attached hydrogen (secondary N) is 1. The minimum Gasteiger partial charge on any atom is -0.480 e. The lowest BCUT2D eigenvalue weighted by Gasteiger charge is -2.30. The molecule has 2 N–H and O–H groups in total. The SMILES string of the molecule is CC(C)(C)CN(CC(=O)O)C(=O)CC(NC(=O)OCC1c2ccccc2-c2ccccc21)C1CC1. The van der Waals surface area contributed by atoms with Crippen LogP contribution >= 0.6 is 0 Å². The van der Waals surface area contributed by atoms with Crippen molar-refractivity contribution in [3.8, 4) is 11.1 Å². The van der Waals surface area contributed by atoms with E-state index in [9.17, 15) is 19.5 Å². The minimum atomic E-state index is -1.05. The van der Waals surface area contributed by atoms with E-state index in [4.69, 9.17) is 4.74 Å². The van der Waals surface area contributed by atoms with E-state index < -0.39 is 12.1 Å². The molecule has 7 heteroatoms. The number of ether oxygens (including phenoxy) is 1. The van der Waals surface area contributed by atoms with Crippen LogP contribution < -0.4 is 5.32 Å². The second-order valence-corrected chi connectivity index (χ2v) is 10.8. The largest absolute Gasteiger partial charge is 0.480 e. The molecule has 186 valence electrons. The number of carbonyl (C=O) groups excluding carboxylic acids is 2. The van der Waals surface area contributed by atoms with Crippen molar-refractivity contribution >= 4 is 18.0 Å². The molecule has 1 unspecified atom stereocenters. The average Bonchev–Trinajstić information content (AvgIpc) is 3.59. The zero-order valence-electron chi connectivity index (χ0n) is 20.6. The Kier molecular flexibility index (Phi) is 7.15. The Morgan fingerprint density at radius 1 is 1.03 bits per heavy atom. The van der Waals surface area contributed by atoms with Gasteiger partial charge in [-0.25, -0.2) is 4.79 Å². The third-order valence-corrected chi connectivity index (χ3v) is 6.58. The Morgan fingerprint density at radius 3 is 2.11 bits per heavy atom. The van der Waals surface area contributed by atoms with Crippen molar-refractivity contribution in [1.29, 1.82) is 0 Å². The number of alkyl carbamates (subject to hydrolysis) is 1. The monoisotopic (exact) mass is 478 g/mol. The Labute approximate surface area is 206 Å². The summed E-state index contributed by atoms with van der Waals surface area (Å²) < 4.78 is 5.67. The second kappa shape index (κ2) is 10.1. The number of carboxylic acids is 1. The highest BCUT2D eigenvalue weighted by atomic mass is 16.5. The normalized spacial score (nSPS) is 15.6. The summed E-state index contributed by atoms with van der Waals surface area (Å²) in [6.07, 6.45) is 1.38. The van der Waals surface area contributed by atoms with Gasteiger partial charge >= 0.3 is 12.1 Å². The number of aliphatic carboxylic acids is 1. The summed E-state index contributed by atoms with van der Waals surface area (Å²) in [6.45, 7) is 6.08. The number of rotatable bonds is 9. The van der Waals surface area contributed by atoms with Gasteiger partial charge in [-0.3, -0.25) is 9.59 Å². The zero-order valence-corrected chi connectivity index (χ0v) is 20.6. The molecule has 0 saturated heterocycles. The first-order valence-corrected chi connectivity index (χ1v) is 12.2. The number of hydrogen-bond donors (Lipinski definition) is 2. The molecule has 2 aromatic carbocycles. The lowest BCUT2D eigenvalue weighted by atomic mass is 9.95. The fourth-order valence-electron chi connectivity index (χ4n) is 4.91. The van der Waals surface area contributed by atoms with Gasteiger partial charge in [0, 0.05) is 24.9 Å². The van der Waals surface area contributed by atoms with Gasteiger partial charge in [-0.15, -0.1) is 0 Å². The van der Waals surface area contributed by atoms with Crippen molar-refractivity contribution in [3.63, 3.8) is 0 Å². The molecule has 1 atom stereocenters. The van der Waals surface area contributed by atoms with E-state index in [1.54, 1.807) is 0 Å². The molecule has 0 heterocycles. The molecular formula is C28H34N2O5. The quantitative estimate of drug-likeness (QED) is 0.547. The fraction of sp³-hybridized carbons (Fsp3) is 0.464. The van der Waals surface area contributed by atoms with E-state index in [1.165, 1.54) is 4.90 Å². The number of fused-ring (bicyclic) bond motifs is 3. The standard InChI is InChI=1S/C28H34N2O5/c1-28(2,3)17-30(15-26(32)33)25(31)14-24(18-12-13-18)29-27(34)35-16-23-21-10-6-4-8-19(21)20-9-5-7-11-22(20)23/h4-11,18,23-24H,12-17H2,1-3H3,(H,29,34)(H,32,33). The first-order chi connectivity index (χ1) is 16.6. The molecule has 1 saturated carbocycles. The highest BCUT2D eigenvalue weighted by Crippen LogP contribution is 2.44. The predicted molar refractivity (Wildman–Crippen MR) is 133 cm³/mol. The van der Waals surface area contributed by atoms with Gasteiger partial charge in [0.25, 0.3) is 0 Å². The van der Waals surface area contributed by atoms with Crippen LogP contribution in [0.1, 0.15) is 57.1 Å². The molecule has 0 bridgehead atoms. The number of benzene rings is 2. The smallest absolute Gasteiger partial charge is 0.407 e. The van der Waals surface area contributed by atoms with Crippen LogP contribution in [0.15, 0.2) is 48.5 Å². The lowest BCUT2D eigenvalue weighted by Crippen LogP contribution is -2.46. The molecule has 0 aliphatic heterocycles. The molecule has 2 aliphatic carbocycles. The summed E-state index contributed by atoms with van der Waals surface area (Å²) in [4.78, 5) is 38.4. The minimum absolute atomic E-state index is 0.0352. The Morgan fingerprint density at radius 2 is 1.60 bits per heavy atom. The van der Waals surface area contributed by atoms with Crippen LogP contribution in [0.3, 0.4) is 0 Å². The summed E-state index contributed by atoms with van der Waals surface area (Å²) in [6, 6.07) is 16.0.